The molecule has 1 amide bonds. The lowest BCUT2D eigenvalue weighted by Crippen LogP contribution is -2.25. The molecule has 2 aromatic rings. The molecule has 0 bridgehead atoms. The van der Waals surface area contributed by atoms with Gasteiger partial charge < -0.3 is 10.1 Å². The molecular weight excluding hydrogens is 386 g/mol. The van der Waals surface area contributed by atoms with E-state index in [-0.39, 0.29) is 18.1 Å². The lowest BCUT2D eigenvalue weighted by Gasteiger charge is -2.12. The van der Waals surface area contributed by atoms with Gasteiger partial charge in [0, 0.05) is 22.6 Å². The van der Waals surface area contributed by atoms with E-state index in [1.165, 1.54) is 6.92 Å². The van der Waals surface area contributed by atoms with Crippen LogP contribution in [0.4, 0.5) is 5.69 Å². The van der Waals surface area contributed by atoms with Gasteiger partial charge in [-0.1, -0.05) is 40.2 Å². The van der Waals surface area contributed by atoms with Crippen molar-refractivity contribution in [3.63, 3.8) is 0 Å². The topological polar surface area (TPSA) is 72.5 Å². The molecule has 2 rings (SSSR count). The summed E-state index contributed by atoms with van der Waals surface area (Å²) in [4.78, 5) is 35.3. The number of nitrogens with one attached hydrogen (secondary N) is 1. The van der Waals surface area contributed by atoms with Gasteiger partial charge in [0.25, 0.3) is 0 Å². The molecule has 0 saturated heterocycles. The molecule has 25 heavy (non-hydrogen) atoms. The summed E-state index contributed by atoms with van der Waals surface area (Å²) < 4.78 is 6.10. The Morgan fingerprint density at radius 3 is 2.20 bits per heavy atom. The van der Waals surface area contributed by atoms with Gasteiger partial charge in [0.15, 0.2) is 6.10 Å². The molecule has 0 saturated carbocycles. The van der Waals surface area contributed by atoms with E-state index in [2.05, 4.69) is 21.2 Å². The summed E-state index contributed by atoms with van der Waals surface area (Å²) in [5, 5.41) is 2.65. The van der Waals surface area contributed by atoms with Crippen LogP contribution in [0.5, 0.6) is 0 Å². The molecule has 0 spiro atoms. The number of amides is 1. The van der Waals surface area contributed by atoms with Crippen LogP contribution >= 0.6 is 15.9 Å². The molecule has 2 aromatic carbocycles. The average Bonchev–Trinajstić information content (AvgIpc) is 2.56. The molecule has 1 atom stereocenters. The minimum atomic E-state index is -0.854. The van der Waals surface area contributed by atoms with Gasteiger partial charge in [0.1, 0.15) is 0 Å². The maximum absolute atomic E-state index is 12.3. The van der Waals surface area contributed by atoms with Gasteiger partial charge in [0.2, 0.25) is 11.7 Å². The van der Waals surface area contributed by atoms with E-state index in [1.54, 1.807) is 55.5 Å². The standard InChI is InChI=1S/C19H18BrNO4/c1-12(19(24)15-5-7-16(20)8-6-15)25-18(23)11-14-3-9-17(10-4-14)21-13(2)22/h3-10,12H,11H2,1-2H3,(H,21,22)/t12-/m1/s1. The molecule has 0 fully saturated rings. The van der Waals surface area contributed by atoms with Crippen molar-refractivity contribution in [1.29, 1.82) is 0 Å². The third kappa shape index (κ3) is 5.83. The first-order valence-electron chi connectivity index (χ1n) is 7.71. The number of hydrogen-bond acceptors (Lipinski definition) is 4. The number of ketones is 1. The Balaban J connectivity index is 1.91. The summed E-state index contributed by atoms with van der Waals surface area (Å²) in [6.07, 6.45) is -0.800. The van der Waals surface area contributed by atoms with Crippen molar-refractivity contribution in [1.82, 2.24) is 0 Å². The first-order chi connectivity index (χ1) is 11.8. The van der Waals surface area contributed by atoms with Crippen LogP contribution in [-0.4, -0.2) is 23.8 Å². The third-order valence-electron chi connectivity index (χ3n) is 3.43. The molecular formula is C19H18BrNO4. The van der Waals surface area contributed by atoms with E-state index >= 15 is 0 Å². The van der Waals surface area contributed by atoms with Crippen molar-refractivity contribution in [2.45, 2.75) is 26.4 Å². The van der Waals surface area contributed by atoms with Gasteiger partial charge in [-0.3, -0.25) is 14.4 Å². The number of carbonyl (C=O) groups excluding carboxylic acids is 3. The van der Waals surface area contributed by atoms with Crippen molar-refractivity contribution in [2.24, 2.45) is 0 Å². The predicted molar refractivity (Wildman–Crippen MR) is 98.5 cm³/mol. The van der Waals surface area contributed by atoms with Crippen LogP contribution in [0.2, 0.25) is 0 Å². The zero-order valence-electron chi connectivity index (χ0n) is 13.9. The lowest BCUT2D eigenvalue weighted by molar-refractivity contribution is -0.145. The van der Waals surface area contributed by atoms with Crippen molar-refractivity contribution in [2.75, 3.05) is 5.32 Å². The summed E-state index contributed by atoms with van der Waals surface area (Å²) in [7, 11) is 0. The summed E-state index contributed by atoms with van der Waals surface area (Å²) in [6.45, 7) is 2.98. The number of benzene rings is 2. The van der Waals surface area contributed by atoms with E-state index in [1.807, 2.05) is 0 Å². The summed E-state index contributed by atoms with van der Waals surface area (Å²) >= 11 is 3.31. The largest absolute Gasteiger partial charge is 0.454 e. The Bertz CT molecular complexity index is 769. The highest BCUT2D eigenvalue weighted by molar-refractivity contribution is 9.10. The first kappa shape index (κ1) is 18.9. The fourth-order valence-electron chi connectivity index (χ4n) is 2.22. The SMILES string of the molecule is CC(=O)Nc1ccc(CC(=O)O[C@H](C)C(=O)c2ccc(Br)cc2)cc1. The Morgan fingerprint density at radius 1 is 1.04 bits per heavy atom. The second-order valence-corrected chi connectivity index (χ2v) is 6.47. The highest BCUT2D eigenvalue weighted by atomic mass is 79.9. The Kier molecular flexibility index (Phi) is 6.47. The van der Waals surface area contributed by atoms with E-state index in [9.17, 15) is 14.4 Å². The molecule has 1 N–H and O–H groups in total. The number of esters is 1. The van der Waals surface area contributed by atoms with Gasteiger partial charge in [-0.15, -0.1) is 0 Å². The second kappa shape index (κ2) is 8.58. The van der Waals surface area contributed by atoms with Crippen LogP contribution in [0.1, 0.15) is 29.8 Å². The van der Waals surface area contributed by atoms with Gasteiger partial charge in [0.05, 0.1) is 6.42 Å². The minimum absolute atomic E-state index is 0.0539. The average molecular weight is 404 g/mol. The molecule has 0 aliphatic carbocycles. The molecule has 0 radical (unpaired) electrons. The summed E-state index contributed by atoms with van der Waals surface area (Å²) in [6, 6.07) is 13.8. The number of rotatable bonds is 6. The zero-order chi connectivity index (χ0) is 18.4. The van der Waals surface area contributed by atoms with Crippen molar-refractivity contribution >= 4 is 39.3 Å². The van der Waals surface area contributed by atoms with E-state index in [0.717, 1.165) is 10.0 Å². The molecule has 0 heterocycles. The van der Waals surface area contributed by atoms with Gasteiger partial charge in [-0.2, -0.15) is 0 Å². The molecule has 0 aliphatic heterocycles. The summed E-state index contributed by atoms with van der Waals surface area (Å²) in [5.74, 6) is -0.889. The molecule has 0 unspecified atom stereocenters. The Hall–Kier alpha value is -2.47. The van der Waals surface area contributed by atoms with Crippen molar-refractivity contribution < 1.29 is 19.1 Å². The van der Waals surface area contributed by atoms with Gasteiger partial charge >= 0.3 is 5.97 Å². The lowest BCUT2D eigenvalue weighted by atomic mass is 10.1. The normalized spacial score (nSPS) is 11.5. The molecule has 5 nitrogen and oxygen atoms in total. The van der Waals surface area contributed by atoms with E-state index in [0.29, 0.717) is 11.3 Å². The number of halogens is 1. The number of anilines is 1. The summed E-state index contributed by atoms with van der Waals surface area (Å²) in [5.41, 5.74) is 1.88. The van der Waals surface area contributed by atoms with Crippen LogP contribution in [0, 0.1) is 0 Å². The van der Waals surface area contributed by atoms with Crippen LogP contribution < -0.4 is 5.32 Å². The quantitative estimate of drug-likeness (QED) is 0.588. The van der Waals surface area contributed by atoms with Crippen molar-refractivity contribution in [3.8, 4) is 0 Å². The Morgan fingerprint density at radius 2 is 1.64 bits per heavy atom. The number of ether oxygens (including phenoxy) is 1. The molecule has 0 aromatic heterocycles. The van der Waals surface area contributed by atoms with E-state index in [4.69, 9.17) is 4.74 Å². The van der Waals surface area contributed by atoms with Crippen LogP contribution in [0.3, 0.4) is 0 Å². The highest BCUT2D eigenvalue weighted by Crippen LogP contribution is 2.14. The van der Waals surface area contributed by atoms with Gasteiger partial charge in [-0.05, 0) is 36.8 Å². The van der Waals surface area contributed by atoms with Gasteiger partial charge in [-0.25, -0.2) is 0 Å². The Labute approximate surface area is 154 Å². The smallest absolute Gasteiger partial charge is 0.310 e. The zero-order valence-corrected chi connectivity index (χ0v) is 15.5. The number of hydrogen-bond donors (Lipinski definition) is 1. The monoisotopic (exact) mass is 403 g/mol. The van der Waals surface area contributed by atoms with Crippen molar-refractivity contribution in [3.05, 3.63) is 64.1 Å². The van der Waals surface area contributed by atoms with E-state index < -0.39 is 12.1 Å². The second-order valence-electron chi connectivity index (χ2n) is 5.56. The molecule has 130 valence electrons. The number of carbonyl (C=O) groups is 3. The number of Topliss-reactive ketones (excluding diaryl/α,β-unsaturated/α-hetero) is 1. The fourth-order valence-corrected chi connectivity index (χ4v) is 2.48. The fraction of sp³-hybridized carbons (Fsp3) is 0.211. The van der Waals surface area contributed by atoms with Crippen LogP contribution in [0.25, 0.3) is 0 Å². The maximum Gasteiger partial charge on any atom is 0.310 e. The highest BCUT2D eigenvalue weighted by Gasteiger charge is 2.19. The molecule has 0 aliphatic rings. The molecule has 6 heteroatoms. The first-order valence-corrected chi connectivity index (χ1v) is 8.50. The maximum atomic E-state index is 12.3. The predicted octanol–water partition coefficient (Wildman–Crippen LogP) is 3.76. The van der Waals surface area contributed by atoms with Crippen LogP contribution in [0.15, 0.2) is 53.0 Å². The minimum Gasteiger partial charge on any atom is -0.454 e. The van der Waals surface area contributed by atoms with Crippen LogP contribution in [-0.2, 0) is 20.7 Å². The third-order valence-corrected chi connectivity index (χ3v) is 3.96.